The van der Waals surface area contributed by atoms with E-state index in [0.717, 1.165) is 36.8 Å². The Morgan fingerprint density at radius 2 is 2.24 bits per heavy atom. The van der Waals surface area contributed by atoms with E-state index in [-0.39, 0.29) is 0 Å². The van der Waals surface area contributed by atoms with Gasteiger partial charge in [-0.1, -0.05) is 13.0 Å². The van der Waals surface area contributed by atoms with Gasteiger partial charge in [0.15, 0.2) is 0 Å². The fourth-order valence-corrected chi connectivity index (χ4v) is 3.60. The van der Waals surface area contributed by atoms with Crippen LogP contribution in [0.25, 0.3) is 0 Å². The van der Waals surface area contributed by atoms with Crippen molar-refractivity contribution in [2.75, 3.05) is 24.5 Å². The molecule has 4 heteroatoms. The summed E-state index contributed by atoms with van der Waals surface area (Å²) in [7, 11) is 0. The van der Waals surface area contributed by atoms with Gasteiger partial charge in [-0.3, -0.25) is 0 Å². The molecule has 2 rings (SSSR count). The topological polar surface area (TPSA) is 35.5 Å². The summed E-state index contributed by atoms with van der Waals surface area (Å²) in [5, 5.41) is 13.8. The van der Waals surface area contributed by atoms with Crippen molar-refractivity contribution in [3.05, 3.63) is 28.2 Å². The Labute approximate surface area is 136 Å². The van der Waals surface area contributed by atoms with Gasteiger partial charge in [-0.2, -0.15) is 0 Å². The Balaban J connectivity index is 2.12. The van der Waals surface area contributed by atoms with Crippen LogP contribution < -0.4 is 10.2 Å². The molecule has 3 nitrogen and oxygen atoms in total. The maximum Gasteiger partial charge on any atom is 0.0794 e. The fraction of sp³-hybridized carbons (Fsp3) is 0.647. The van der Waals surface area contributed by atoms with E-state index in [1.165, 1.54) is 11.3 Å². The average Bonchev–Trinajstić information content (AvgIpc) is 2.43. The zero-order valence-electron chi connectivity index (χ0n) is 13.3. The molecule has 0 bridgehead atoms. The number of halogens is 1. The van der Waals surface area contributed by atoms with Gasteiger partial charge >= 0.3 is 0 Å². The summed E-state index contributed by atoms with van der Waals surface area (Å²) in [4.78, 5) is 2.28. The third kappa shape index (κ3) is 4.44. The van der Waals surface area contributed by atoms with E-state index in [4.69, 9.17) is 0 Å². The van der Waals surface area contributed by atoms with Gasteiger partial charge in [-0.05, 0) is 73.3 Å². The maximum absolute atomic E-state index is 10.3. The predicted octanol–water partition coefficient (Wildman–Crippen LogP) is 3.86. The van der Waals surface area contributed by atoms with E-state index >= 15 is 0 Å². The predicted molar refractivity (Wildman–Crippen MR) is 92.9 cm³/mol. The first-order valence-electron chi connectivity index (χ1n) is 7.93. The van der Waals surface area contributed by atoms with Gasteiger partial charge in [0.2, 0.25) is 0 Å². The smallest absolute Gasteiger partial charge is 0.0794 e. The van der Waals surface area contributed by atoms with Crippen molar-refractivity contribution in [2.45, 2.75) is 51.7 Å². The number of β-amino-alcohol motifs (C(OH)–C–C–N with tert-alkyl or cyclic N) is 1. The molecule has 1 aromatic rings. The summed E-state index contributed by atoms with van der Waals surface area (Å²) in [5.74, 6) is 0. The molecule has 2 N–H and O–H groups in total. The van der Waals surface area contributed by atoms with E-state index in [1.54, 1.807) is 0 Å². The van der Waals surface area contributed by atoms with Crippen LogP contribution in [0.1, 0.15) is 51.6 Å². The zero-order valence-corrected chi connectivity index (χ0v) is 14.9. The fourth-order valence-electron chi connectivity index (χ4n) is 2.95. The molecule has 1 saturated heterocycles. The number of hydrogen-bond acceptors (Lipinski definition) is 3. The van der Waals surface area contributed by atoms with Crippen molar-refractivity contribution < 1.29 is 5.11 Å². The first-order valence-corrected chi connectivity index (χ1v) is 8.72. The van der Waals surface area contributed by atoms with Gasteiger partial charge in [0.25, 0.3) is 0 Å². The van der Waals surface area contributed by atoms with Crippen molar-refractivity contribution in [3.63, 3.8) is 0 Å². The Morgan fingerprint density at radius 1 is 1.48 bits per heavy atom. The van der Waals surface area contributed by atoms with Gasteiger partial charge in [-0.25, -0.2) is 0 Å². The molecule has 1 aliphatic rings. The number of hydrogen-bond donors (Lipinski definition) is 2. The summed E-state index contributed by atoms with van der Waals surface area (Å²) in [5.41, 5.74) is 1.90. The van der Waals surface area contributed by atoms with Crippen LogP contribution >= 0.6 is 15.9 Å². The summed E-state index contributed by atoms with van der Waals surface area (Å²) in [6.07, 6.45) is 3.07. The third-order valence-electron chi connectivity index (χ3n) is 4.19. The summed E-state index contributed by atoms with van der Waals surface area (Å²) in [6.45, 7) is 9.06. The van der Waals surface area contributed by atoms with Crippen molar-refractivity contribution in [1.29, 1.82) is 0 Å². The molecule has 118 valence electrons. The molecule has 1 aromatic carbocycles. The minimum absolute atomic E-state index is 0.361. The largest absolute Gasteiger partial charge is 0.388 e. The van der Waals surface area contributed by atoms with Gasteiger partial charge < -0.3 is 15.3 Å². The molecular formula is C17H27BrN2O. The summed E-state index contributed by atoms with van der Waals surface area (Å²) in [6, 6.07) is 6.92. The lowest BCUT2D eigenvalue weighted by molar-refractivity contribution is 0.0449. The first kappa shape index (κ1) is 16.8. The molecule has 0 aromatic heterocycles. The quantitative estimate of drug-likeness (QED) is 0.842. The van der Waals surface area contributed by atoms with E-state index < -0.39 is 5.60 Å². The van der Waals surface area contributed by atoms with Crippen LogP contribution in [0.2, 0.25) is 0 Å². The number of piperidine rings is 1. The monoisotopic (exact) mass is 354 g/mol. The molecule has 2 atom stereocenters. The van der Waals surface area contributed by atoms with Gasteiger partial charge in [-0.15, -0.1) is 0 Å². The highest BCUT2D eigenvalue weighted by Gasteiger charge is 2.29. The van der Waals surface area contributed by atoms with Gasteiger partial charge in [0, 0.05) is 23.6 Å². The molecule has 1 aliphatic heterocycles. The highest BCUT2D eigenvalue weighted by molar-refractivity contribution is 9.10. The van der Waals surface area contributed by atoms with E-state index in [1.807, 2.05) is 6.92 Å². The minimum Gasteiger partial charge on any atom is -0.388 e. The lowest BCUT2D eigenvalue weighted by Crippen LogP contribution is -2.46. The number of nitrogens with zero attached hydrogens (tertiary/aromatic N) is 1. The molecule has 21 heavy (non-hydrogen) atoms. The van der Waals surface area contributed by atoms with Crippen molar-refractivity contribution in [3.8, 4) is 0 Å². The standard InChI is InChI=1S/C17H27BrN2O/c1-4-9-19-13(2)14-6-7-16(15(18)11-14)20-10-5-8-17(3,21)12-20/h6-7,11,13,19,21H,4-5,8-10,12H2,1-3H3. The second-order valence-corrected chi connectivity index (χ2v) is 7.26. The highest BCUT2D eigenvalue weighted by atomic mass is 79.9. The molecule has 0 radical (unpaired) electrons. The normalized spacial score (nSPS) is 24.1. The van der Waals surface area contributed by atoms with Crippen molar-refractivity contribution in [1.82, 2.24) is 5.32 Å². The molecule has 0 saturated carbocycles. The Bertz CT molecular complexity index is 476. The summed E-state index contributed by atoms with van der Waals surface area (Å²) >= 11 is 3.71. The molecule has 0 aliphatic carbocycles. The van der Waals surface area contributed by atoms with E-state index in [0.29, 0.717) is 12.6 Å². The summed E-state index contributed by atoms with van der Waals surface area (Å²) < 4.78 is 1.11. The van der Waals surface area contributed by atoms with Crippen molar-refractivity contribution >= 4 is 21.6 Å². The molecular weight excluding hydrogens is 328 g/mol. The van der Waals surface area contributed by atoms with Crippen LogP contribution in [0.3, 0.4) is 0 Å². The number of benzene rings is 1. The SMILES string of the molecule is CCCNC(C)c1ccc(N2CCCC(C)(O)C2)c(Br)c1. The third-order valence-corrected chi connectivity index (χ3v) is 4.82. The van der Waals surface area contributed by atoms with Crippen LogP contribution in [0.15, 0.2) is 22.7 Å². The Morgan fingerprint density at radius 3 is 2.86 bits per heavy atom. The number of anilines is 1. The molecule has 1 heterocycles. The highest BCUT2D eigenvalue weighted by Crippen LogP contribution is 2.33. The average molecular weight is 355 g/mol. The lowest BCUT2D eigenvalue weighted by atomic mass is 9.94. The molecule has 0 spiro atoms. The second-order valence-electron chi connectivity index (χ2n) is 6.41. The number of aliphatic hydroxyl groups is 1. The lowest BCUT2D eigenvalue weighted by Gasteiger charge is -2.38. The molecule has 2 unspecified atom stereocenters. The van der Waals surface area contributed by atoms with Crippen LogP contribution in [0.4, 0.5) is 5.69 Å². The van der Waals surface area contributed by atoms with Gasteiger partial charge in [0.05, 0.1) is 11.3 Å². The van der Waals surface area contributed by atoms with Crippen LogP contribution in [-0.2, 0) is 0 Å². The zero-order chi connectivity index (χ0) is 15.5. The second kappa shape index (κ2) is 7.12. The molecule has 0 amide bonds. The Kier molecular flexibility index (Phi) is 5.69. The van der Waals surface area contributed by atoms with Crippen LogP contribution in [0.5, 0.6) is 0 Å². The Hall–Kier alpha value is -0.580. The number of nitrogens with one attached hydrogen (secondary N) is 1. The maximum atomic E-state index is 10.3. The van der Waals surface area contributed by atoms with E-state index in [9.17, 15) is 5.11 Å². The first-order chi connectivity index (χ1) is 9.93. The minimum atomic E-state index is -0.577. The van der Waals surface area contributed by atoms with Crippen LogP contribution in [0, 0.1) is 0 Å². The van der Waals surface area contributed by atoms with Crippen LogP contribution in [-0.4, -0.2) is 30.3 Å². The molecule has 1 fully saturated rings. The van der Waals surface area contributed by atoms with Gasteiger partial charge in [0.1, 0.15) is 0 Å². The van der Waals surface area contributed by atoms with E-state index in [2.05, 4.69) is 58.2 Å². The number of rotatable bonds is 5. The van der Waals surface area contributed by atoms with Crippen molar-refractivity contribution in [2.24, 2.45) is 0 Å².